The molecule has 0 N–H and O–H groups in total. The van der Waals surface area contributed by atoms with Gasteiger partial charge in [-0.3, -0.25) is 4.79 Å². The first-order valence-electron chi connectivity index (χ1n) is 13.0. The number of sulfonamides is 1. The normalized spacial score (nSPS) is 20.1. The Kier molecular flexibility index (Phi) is 7.42. The summed E-state index contributed by atoms with van der Waals surface area (Å²) in [6, 6.07) is 23.0. The molecular weight excluding hydrogens is 470 g/mol. The Bertz CT molecular complexity index is 1300. The summed E-state index contributed by atoms with van der Waals surface area (Å²) in [4.78, 5) is 18.1. The third-order valence-corrected chi connectivity index (χ3v) is 9.73. The minimum absolute atomic E-state index is 0.0698. The van der Waals surface area contributed by atoms with Gasteiger partial charge in [0.25, 0.3) is 0 Å². The predicted molar refractivity (Wildman–Crippen MR) is 143 cm³/mol. The zero-order valence-corrected chi connectivity index (χ0v) is 21.7. The Labute approximate surface area is 214 Å². The summed E-state index contributed by atoms with van der Waals surface area (Å²) in [6.45, 7) is 3.32. The monoisotopic (exact) mass is 505 g/mol. The lowest BCUT2D eigenvalue weighted by molar-refractivity contribution is -0.136. The molecule has 0 aromatic heterocycles. The number of amides is 1. The first-order chi connectivity index (χ1) is 17.4. The minimum atomic E-state index is -3.75. The zero-order chi connectivity index (χ0) is 25.1. The molecule has 2 fully saturated rings. The SMILES string of the molecule is CN(C(=O)[C@@H]1CCCN1S(=O)(=O)c1ccc2ccccc2c1)C1CCN(CCc2ccccc2)CC1. The number of likely N-dealkylation sites (tertiary alicyclic amines) is 1. The van der Waals surface area contributed by atoms with E-state index >= 15 is 0 Å². The van der Waals surface area contributed by atoms with Crippen LogP contribution in [0.15, 0.2) is 77.7 Å². The molecule has 3 aromatic rings. The van der Waals surface area contributed by atoms with Crippen LogP contribution in [0, 0.1) is 0 Å². The number of fused-ring (bicyclic) bond motifs is 1. The highest BCUT2D eigenvalue weighted by atomic mass is 32.2. The Balaban J connectivity index is 1.21. The van der Waals surface area contributed by atoms with E-state index in [-0.39, 0.29) is 16.8 Å². The second-order valence-electron chi connectivity index (χ2n) is 10.0. The van der Waals surface area contributed by atoms with Gasteiger partial charge in [-0.2, -0.15) is 4.31 Å². The number of rotatable bonds is 7. The lowest BCUT2D eigenvalue weighted by Gasteiger charge is -2.38. The number of carbonyl (C=O) groups excluding carboxylic acids is 1. The van der Waals surface area contributed by atoms with E-state index in [2.05, 4.69) is 29.2 Å². The van der Waals surface area contributed by atoms with Gasteiger partial charge in [0.1, 0.15) is 6.04 Å². The number of hydrogen-bond donors (Lipinski definition) is 0. The molecule has 5 rings (SSSR count). The van der Waals surface area contributed by atoms with Crippen LogP contribution in [0.25, 0.3) is 10.8 Å². The van der Waals surface area contributed by atoms with E-state index in [0.29, 0.717) is 19.4 Å². The number of piperidine rings is 1. The van der Waals surface area contributed by atoms with E-state index in [1.165, 1.54) is 9.87 Å². The quantitative estimate of drug-likeness (QED) is 0.484. The van der Waals surface area contributed by atoms with Crippen LogP contribution in [-0.2, 0) is 21.2 Å². The molecule has 0 aliphatic carbocycles. The van der Waals surface area contributed by atoms with Gasteiger partial charge < -0.3 is 9.80 Å². The van der Waals surface area contributed by atoms with Gasteiger partial charge >= 0.3 is 0 Å². The second kappa shape index (κ2) is 10.7. The van der Waals surface area contributed by atoms with Gasteiger partial charge in [0, 0.05) is 39.3 Å². The van der Waals surface area contributed by atoms with Gasteiger partial charge in [-0.1, -0.05) is 60.7 Å². The zero-order valence-electron chi connectivity index (χ0n) is 20.9. The summed E-state index contributed by atoms with van der Waals surface area (Å²) in [5.74, 6) is -0.0698. The van der Waals surface area contributed by atoms with Crippen molar-refractivity contribution >= 4 is 26.7 Å². The van der Waals surface area contributed by atoms with Crippen LogP contribution < -0.4 is 0 Å². The highest BCUT2D eigenvalue weighted by Gasteiger charge is 2.42. The van der Waals surface area contributed by atoms with Crippen molar-refractivity contribution < 1.29 is 13.2 Å². The van der Waals surface area contributed by atoms with Crippen LogP contribution in [0.3, 0.4) is 0 Å². The van der Waals surface area contributed by atoms with E-state index in [1.54, 1.807) is 12.1 Å². The van der Waals surface area contributed by atoms with Crippen molar-refractivity contribution in [2.24, 2.45) is 0 Å². The van der Waals surface area contributed by atoms with Crippen LogP contribution in [0.5, 0.6) is 0 Å². The van der Waals surface area contributed by atoms with Crippen molar-refractivity contribution in [2.45, 2.75) is 49.1 Å². The molecule has 0 saturated carbocycles. The van der Waals surface area contributed by atoms with Gasteiger partial charge in [0.2, 0.25) is 15.9 Å². The molecule has 2 aliphatic rings. The fourth-order valence-corrected chi connectivity index (χ4v) is 7.30. The van der Waals surface area contributed by atoms with Gasteiger partial charge in [0.05, 0.1) is 4.90 Å². The Hall–Kier alpha value is -2.74. The highest BCUT2D eigenvalue weighted by molar-refractivity contribution is 7.89. The summed E-state index contributed by atoms with van der Waals surface area (Å²) in [5.41, 5.74) is 1.35. The Morgan fingerprint density at radius 3 is 2.33 bits per heavy atom. The molecule has 2 heterocycles. The number of carbonyl (C=O) groups is 1. The molecule has 36 heavy (non-hydrogen) atoms. The maximum atomic E-state index is 13.6. The highest BCUT2D eigenvalue weighted by Crippen LogP contribution is 2.30. The predicted octanol–water partition coefficient (Wildman–Crippen LogP) is 4.16. The number of hydrogen-bond acceptors (Lipinski definition) is 4. The molecule has 190 valence electrons. The van der Waals surface area contributed by atoms with E-state index in [1.807, 2.05) is 48.3 Å². The summed E-state index contributed by atoms with van der Waals surface area (Å²) >= 11 is 0. The second-order valence-corrected chi connectivity index (χ2v) is 11.9. The van der Waals surface area contributed by atoms with Crippen molar-refractivity contribution in [1.29, 1.82) is 0 Å². The van der Waals surface area contributed by atoms with Gasteiger partial charge in [-0.05, 0) is 60.6 Å². The topological polar surface area (TPSA) is 60.9 Å². The lowest BCUT2D eigenvalue weighted by Crippen LogP contribution is -2.52. The Morgan fingerprint density at radius 1 is 0.889 bits per heavy atom. The van der Waals surface area contributed by atoms with E-state index in [9.17, 15) is 13.2 Å². The molecular formula is C29H35N3O3S. The lowest BCUT2D eigenvalue weighted by atomic mass is 10.0. The summed E-state index contributed by atoms with van der Waals surface area (Å²) in [7, 11) is -1.90. The largest absolute Gasteiger partial charge is 0.341 e. The molecule has 6 nitrogen and oxygen atoms in total. The van der Waals surface area contributed by atoms with E-state index in [0.717, 1.165) is 49.7 Å². The number of nitrogens with zero attached hydrogens (tertiary/aromatic N) is 3. The molecule has 1 amide bonds. The van der Waals surface area contributed by atoms with Crippen molar-refractivity contribution in [2.75, 3.05) is 33.2 Å². The van der Waals surface area contributed by atoms with Gasteiger partial charge in [0.15, 0.2) is 0 Å². The molecule has 0 unspecified atom stereocenters. The molecule has 7 heteroatoms. The first-order valence-corrected chi connectivity index (χ1v) is 14.4. The average molecular weight is 506 g/mol. The maximum absolute atomic E-state index is 13.6. The molecule has 0 bridgehead atoms. The summed E-state index contributed by atoms with van der Waals surface area (Å²) < 4.78 is 28.6. The molecule has 1 atom stereocenters. The van der Waals surface area contributed by atoms with Crippen LogP contribution in [0.1, 0.15) is 31.2 Å². The summed E-state index contributed by atoms with van der Waals surface area (Å²) in [5, 5.41) is 1.89. The smallest absolute Gasteiger partial charge is 0.243 e. The van der Waals surface area contributed by atoms with Crippen LogP contribution in [0.4, 0.5) is 0 Å². The van der Waals surface area contributed by atoms with Crippen molar-refractivity contribution in [3.63, 3.8) is 0 Å². The molecule has 2 saturated heterocycles. The maximum Gasteiger partial charge on any atom is 0.243 e. The third kappa shape index (κ3) is 5.19. The molecule has 3 aromatic carbocycles. The third-order valence-electron chi connectivity index (χ3n) is 7.83. The van der Waals surface area contributed by atoms with Crippen molar-refractivity contribution in [3.8, 4) is 0 Å². The van der Waals surface area contributed by atoms with Crippen LogP contribution >= 0.6 is 0 Å². The fraction of sp³-hybridized carbons (Fsp3) is 0.414. The standard InChI is InChI=1S/C29H35N3O3S/c1-30(26-16-20-31(21-17-26)19-15-23-8-3-2-4-9-23)29(33)28-12-7-18-32(28)36(34,35)27-14-13-24-10-5-6-11-25(24)22-27/h2-6,8-11,13-14,22,26,28H,7,12,15-21H2,1H3/t28-/m0/s1. The van der Waals surface area contributed by atoms with E-state index < -0.39 is 16.1 Å². The molecule has 0 radical (unpaired) electrons. The van der Waals surface area contributed by atoms with Crippen molar-refractivity contribution in [3.05, 3.63) is 78.4 Å². The minimum Gasteiger partial charge on any atom is -0.341 e. The molecule has 0 spiro atoms. The van der Waals surface area contributed by atoms with Gasteiger partial charge in [-0.25, -0.2) is 8.42 Å². The number of likely N-dealkylation sites (N-methyl/N-ethyl adjacent to an activating group) is 1. The number of benzene rings is 3. The van der Waals surface area contributed by atoms with Crippen molar-refractivity contribution in [1.82, 2.24) is 14.1 Å². The first kappa shape index (κ1) is 24.9. The van der Waals surface area contributed by atoms with E-state index in [4.69, 9.17) is 0 Å². The Morgan fingerprint density at radius 2 is 1.58 bits per heavy atom. The summed E-state index contributed by atoms with van der Waals surface area (Å²) in [6.07, 6.45) is 4.15. The van der Waals surface area contributed by atoms with Crippen LogP contribution in [-0.4, -0.2) is 73.7 Å². The average Bonchev–Trinajstić information content (AvgIpc) is 3.43. The fourth-order valence-electron chi connectivity index (χ4n) is 5.62. The van der Waals surface area contributed by atoms with Gasteiger partial charge in [-0.15, -0.1) is 0 Å². The molecule has 2 aliphatic heterocycles. The van der Waals surface area contributed by atoms with Crippen LogP contribution in [0.2, 0.25) is 0 Å².